The van der Waals surface area contributed by atoms with Gasteiger partial charge in [-0.05, 0) is 38.5 Å². The van der Waals surface area contributed by atoms with Gasteiger partial charge < -0.3 is 14.2 Å². The zero-order valence-electron chi connectivity index (χ0n) is 14.6. The summed E-state index contributed by atoms with van der Waals surface area (Å²) in [5, 5.41) is 9.11. The van der Waals surface area contributed by atoms with Crippen molar-refractivity contribution in [2.24, 2.45) is 5.41 Å². The second kappa shape index (κ2) is 9.24. The first kappa shape index (κ1) is 19.9. The van der Waals surface area contributed by atoms with Crippen LogP contribution in [0.15, 0.2) is 18.2 Å². The van der Waals surface area contributed by atoms with Crippen molar-refractivity contribution < 1.29 is 23.4 Å². The lowest BCUT2D eigenvalue weighted by Gasteiger charge is -2.24. The predicted octanol–water partition coefficient (Wildman–Crippen LogP) is 3.79. The Bertz CT molecular complexity index is 595. The molecule has 0 aliphatic carbocycles. The second-order valence-corrected chi connectivity index (χ2v) is 6.11. The van der Waals surface area contributed by atoms with Crippen molar-refractivity contribution in [3.05, 3.63) is 29.6 Å². The van der Waals surface area contributed by atoms with Crippen molar-refractivity contribution in [2.75, 3.05) is 20.3 Å². The maximum atomic E-state index is 13.6. The molecule has 132 valence electrons. The van der Waals surface area contributed by atoms with Gasteiger partial charge >= 0.3 is 5.97 Å². The Morgan fingerprint density at radius 3 is 2.71 bits per heavy atom. The monoisotopic (exact) mass is 337 g/mol. The van der Waals surface area contributed by atoms with E-state index in [2.05, 4.69) is 6.07 Å². The highest BCUT2D eigenvalue weighted by Gasteiger charge is 2.24. The fourth-order valence-corrected chi connectivity index (χ4v) is 1.97. The largest absolute Gasteiger partial charge is 0.496 e. The summed E-state index contributed by atoms with van der Waals surface area (Å²) in [5.41, 5.74) is -0.276. The van der Waals surface area contributed by atoms with Crippen molar-refractivity contribution in [3.8, 4) is 11.8 Å². The van der Waals surface area contributed by atoms with Gasteiger partial charge in [-0.15, -0.1) is 0 Å². The normalized spacial score (nSPS) is 12.3. The van der Waals surface area contributed by atoms with E-state index in [9.17, 15) is 9.18 Å². The van der Waals surface area contributed by atoms with E-state index in [1.54, 1.807) is 13.8 Å². The molecule has 1 rings (SSSR count). The van der Waals surface area contributed by atoms with Gasteiger partial charge in [0.15, 0.2) is 0 Å². The van der Waals surface area contributed by atoms with E-state index in [-0.39, 0.29) is 19.2 Å². The Kier molecular flexibility index (Phi) is 7.66. The van der Waals surface area contributed by atoms with Gasteiger partial charge in [0.25, 0.3) is 0 Å². The van der Waals surface area contributed by atoms with Gasteiger partial charge in [-0.3, -0.25) is 4.79 Å². The molecule has 0 radical (unpaired) electrons. The van der Waals surface area contributed by atoms with Crippen LogP contribution in [0.3, 0.4) is 0 Å². The molecule has 6 heteroatoms. The molecule has 5 nitrogen and oxygen atoms in total. The summed E-state index contributed by atoms with van der Waals surface area (Å²) in [7, 11) is 1.47. The Hall–Kier alpha value is -2.13. The number of carbonyl (C=O) groups is 1. The highest BCUT2D eigenvalue weighted by molar-refractivity contribution is 5.69. The predicted molar refractivity (Wildman–Crippen MR) is 86.9 cm³/mol. The van der Waals surface area contributed by atoms with Crippen LogP contribution in [-0.2, 0) is 14.3 Å². The maximum Gasteiger partial charge on any atom is 0.305 e. The molecule has 1 aromatic carbocycles. The molecule has 0 amide bonds. The van der Waals surface area contributed by atoms with Crippen molar-refractivity contribution >= 4 is 5.97 Å². The number of hydrogen-bond donors (Lipinski definition) is 0. The standard InChI is InChI=1S/C18H24FNO4/c1-5-6-17(21)23-10-16(24-12-18(2,3)11-20)14-9-13(19)7-8-15(14)22-4/h7-9,16H,5-6,10,12H2,1-4H3/t16-/m0/s1. The lowest BCUT2D eigenvalue weighted by Crippen LogP contribution is -2.23. The fraction of sp³-hybridized carbons (Fsp3) is 0.556. The molecule has 0 saturated heterocycles. The minimum atomic E-state index is -0.718. The molecule has 0 aliphatic rings. The van der Waals surface area contributed by atoms with Gasteiger partial charge in [0.2, 0.25) is 0 Å². The molecule has 0 N–H and O–H groups in total. The number of carbonyl (C=O) groups excluding carboxylic acids is 1. The highest BCUT2D eigenvalue weighted by Crippen LogP contribution is 2.30. The van der Waals surface area contributed by atoms with E-state index in [0.717, 1.165) is 0 Å². The van der Waals surface area contributed by atoms with Gasteiger partial charge in [-0.2, -0.15) is 5.26 Å². The summed E-state index contributed by atoms with van der Waals surface area (Å²) in [6, 6.07) is 6.19. The summed E-state index contributed by atoms with van der Waals surface area (Å²) >= 11 is 0. The lowest BCUT2D eigenvalue weighted by atomic mass is 9.97. The number of methoxy groups -OCH3 is 1. The molecular formula is C18H24FNO4. The summed E-state index contributed by atoms with van der Waals surface area (Å²) < 4.78 is 29.9. The van der Waals surface area contributed by atoms with E-state index >= 15 is 0 Å². The maximum absolute atomic E-state index is 13.6. The molecule has 0 aliphatic heterocycles. The molecule has 1 atom stereocenters. The molecule has 0 saturated carbocycles. The minimum absolute atomic E-state index is 0.0693. The summed E-state index contributed by atoms with van der Waals surface area (Å²) in [6.45, 7) is 5.38. The number of halogens is 1. The van der Waals surface area contributed by atoms with Crippen LogP contribution in [0.2, 0.25) is 0 Å². The highest BCUT2D eigenvalue weighted by atomic mass is 19.1. The third-order valence-electron chi connectivity index (χ3n) is 3.34. The molecule has 1 aromatic rings. The van der Waals surface area contributed by atoms with Gasteiger partial charge in [-0.1, -0.05) is 6.92 Å². The van der Waals surface area contributed by atoms with Crippen molar-refractivity contribution in [1.82, 2.24) is 0 Å². The van der Waals surface area contributed by atoms with Crippen LogP contribution in [0.1, 0.15) is 45.3 Å². The van der Waals surface area contributed by atoms with Crippen molar-refractivity contribution in [3.63, 3.8) is 0 Å². The van der Waals surface area contributed by atoms with Crippen LogP contribution in [-0.4, -0.2) is 26.3 Å². The Balaban J connectivity index is 2.98. The van der Waals surface area contributed by atoms with Gasteiger partial charge in [0, 0.05) is 12.0 Å². The summed E-state index contributed by atoms with van der Waals surface area (Å²) in [5.74, 6) is -0.359. The number of nitrogens with zero attached hydrogens (tertiary/aromatic N) is 1. The first-order valence-corrected chi connectivity index (χ1v) is 7.85. The Morgan fingerprint density at radius 2 is 2.12 bits per heavy atom. The second-order valence-electron chi connectivity index (χ2n) is 6.11. The molecule has 24 heavy (non-hydrogen) atoms. The quantitative estimate of drug-likeness (QED) is 0.641. The zero-order valence-corrected chi connectivity index (χ0v) is 14.6. The number of esters is 1. The SMILES string of the molecule is CCCC(=O)OC[C@H](OCC(C)(C)C#N)c1cc(F)ccc1OC. The number of ether oxygens (including phenoxy) is 3. The van der Waals surface area contributed by atoms with E-state index < -0.39 is 17.3 Å². The average molecular weight is 337 g/mol. The van der Waals surface area contributed by atoms with Crippen molar-refractivity contribution in [1.29, 1.82) is 5.26 Å². The molecule has 0 unspecified atom stereocenters. The number of benzene rings is 1. The first-order chi connectivity index (χ1) is 11.3. The van der Waals surface area contributed by atoms with E-state index in [1.807, 2.05) is 6.92 Å². The third kappa shape index (κ3) is 6.17. The van der Waals surface area contributed by atoms with E-state index in [0.29, 0.717) is 24.2 Å². The number of hydrogen-bond acceptors (Lipinski definition) is 5. The molecule has 0 spiro atoms. The number of nitriles is 1. The molecule has 0 aromatic heterocycles. The molecule has 0 heterocycles. The van der Waals surface area contributed by atoms with Crippen LogP contribution in [0.25, 0.3) is 0 Å². The van der Waals surface area contributed by atoms with Crippen LogP contribution in [0.4, 0.5) is 4.39 Å². The minimum Gasteiger partial charge on any atom is -0.496 e. The van der Waals surface area contributed by atoms with E-state index in [4.69, 9.17) is 19.5 Å². The summed E-state index contributed by atoms with van der Waals surface area (Å²) in [6.07, 6.45) is 0.260. The Labute approximate surface area is 142 Å². The third-order valence-corrected chi connectivity index (χ3v) is 3.34. The smallest absolute Gasteiger partial charge is 0.305 e. The van der Waals surface area contributed by atoms with E-state index in [1.165, 1.54) is 25.3 Å². The van der Waals surface area contributed by atoms with Crippen LogP contribution in [0, 0.1) is 22.6 Å². The first-order valence-electron chi connectivity index (χ1n) is 7.85. The topological polar surface area (TPSA) is 68.5 Å². The van der Waals surface area contributed by atoms with Gasteiger partial charge in [-0.25, -0.2) is 4.39 Å². The van der Waals surface area contributed by atoms with Gasteiger partial charge in [0.1, 0.15) is 24.3 Å². The average Bonchev–Trinajstić information content (AvgIpc) is 2.55. The fourth-order valence-electron chi connectivity index (χ4n) is 1.97. The Morgan fingerprint density at radius 1 is 1.42 bits per heavy atom. The van der Waals surface area contributed by atoms with Crippen LogP contribution >= 0.6 is 0 Å². The summed E-state index contributed by atoms with van der Waals surface area (Å²) in [4.78, 5) is 11.6. The molecule has 0 fully saturated rings. The van der Waals surface area contributed by atoms with Crippen molar-refractivity contribution in [2.45, 2.75) is 39.7 Å². The van der Waals surface area contributed by atoms with Crippen LogP contribution in [0.5, 0.6) is 5.75 Å². The lowest BCUT2D eigenvalue weighted by molar-refractivity contribution is -0.148. The van der Waals surface area contributed by atoms with Gasteiger partial charge in [0.05, 0.1) is 25.2 Å². The number of rotatable bonds is 9. The zero-order chi connectivity index (χ0) is 18.2. The molecular weight excluding hydrogens is 313 g/mol. The van der Waals surface area contributed by atoms with Crippen LogP contribution < -0.4 is 4.74 Å². The molecule has 0 bridgehead atoms.